The van der Waals surface area contributed by atoms with Gasteiger partial charge in [0.05, 0.1) is 5.60 Å². The second-order valence-electron chi connectivity index (χ2n) is 7.35. The monoisotopic (exact) mass is 254 g/mol. The lowest BCUT2D eigenvalue weighted by Gasteiger charge is -2.36. The van der Waals surface area contributed by atoms with Crippen LogP contribution in [0.25, 0.3) is 0 Å². The van der Waals surface area contributed by atoms with Crippen molar-refractivity contribution in [3.8, 4) is 0 Å². The summed E-state index contributed by atoms with van der Waals surface area (Å²) in [6.07, 6.45) is 8.20. The van der Waals surface area contributed by atoms with E-state index >= 15 is 0 Å². The molecule has 2 N–H and O–H groups in total. The van der Waals surface area contributed by atoms with Crippen molar-refractivity contribution in [3.05, 3.63) is 0 Å². The maximum absolute atomic E-state index is 9.92. The predicted molar refractivity (Wildman–Crippen MR) is 75.7 cm³/mol. The summed E-state index contributed by atoms with van der Waals surface area (Å²) in [4.78, 5) is 2.32. The SMILES string of the molecule is CN(CC(C)(C)O)CC1(CNC2CC2)CCCC1. The summed E-state index contributed by atoms with van der Waals surface area (Å²) < 4.78 is 0. The topological polar surface area (TPSA) is 35.5 Å². The molecule has 2 fully saturated rings. The lowest BCUT2D eigenvalue weighted by Crippen LogP contribution is -2.45. The van der Waals surface area contributed by atoms with Gasteiger partial charge in [0.1, 0.15) is 0 Å². The molecule has 3 nitrogen and oxygen atoms in total. The van der Waals surface area contributed by atoms with Crippen LogP contribution in [0.2, 0.25) is 0 Å². The molecule has 2 aliphatic rings. The van der Waals surface area contributed by atoms with Crippen LogP contribution in [-0.2, 0) is 0 Å². The van der Waals surface area contributed by atoms with Crippen LogP contribution in [0.3, 0.4) is 0 Å². The summed E-state index contributed by atoms with van der Waals surface area (Å²) in [5, 5.41) is 13.6. The molecular formula is C15H30N2O. The summed E-state index contributed by atoms with van der Waals surface area (Å²) >= 11 is 0. The molecule has 0 saturated heterocycles. The first-order chi connectivity index (χ1) is 8.39. The first kappa shape index (κ1) is 14.3. The standard InChI is InChI=1S/C15H30N2O/c1-14(2,18)11-17(3)12-15(8-4-5-9-15)10-16-13-6-7-13/h13,16,18H,4-12H2,1-3H3. The fraction of sp³-hybridized carbons (Fsp3) is 1.00. The van der Waals surface area contributed by atoms with Gasteiger partial charge in [-0.15, -0.1) is 0 Å². The Morgan fingerprint density at radius 2 is 1.89 bits per heavy atom. The molecule has 18 heavy (non-hydrogen) atoms. The molecule has 2 aliphatic carbocycles. The Morgan fingerprint density at radius 3 is 2.39 bits per heavy atom. The summed E-state index contributed by atoms with van der Waals surface area (Å²) in [5.74, 6) is 0. The van der Waals surface area contributed by atoms with Crippen LogP contribution in [0.5, 0.6) is 0 Å². The van der Waals surface area contributed by atoms with Crippen LogP contribution in [-0.4, -0.2) is 48.3 Å². The van der Waals surface area contributed by atoms with Crippen LogP contribution in [0.4, 0.5) is 0 Å². The Bertz CT molecular complexity index is 262. The molecule has 0 aromatic carbocycles. The average molecular weight is 254 g/mol. The van der Waals surface area contributed by atoms with E-state index in [1.165, 1.54) is 45.1 Å². The minimum absolute atomic E-state index is 0.461. The zero-order chi connectivity index (χ0) is 13.2. The van der Waals surface area contributed by atoms with E-state index in [9.17, 15) is 5.11 Å². The first-order valence-electron chi connectivity index (χ1n) is 7.53. The quantitative estimate of drug-likeness (QED) is 0.729. The van der Waals surface area contributed by atoms with Gasteiger partial charge >= 0.3 is 0 Å². The number of rotatable bonds is 7. The molecule has 0 amide bonds. The van der Waals surface area contributed by atoms with Crippen molar-refractivity contribution in [3.63, 3.8) is 0 Å². The van der Waals surface area contributed by atoms with E-state index in [1.54, 1.807) is 0 Å². The van der Waals surface area contributed by atoms with Gasteiger partial charge in [0.25, 0.3) is 0 Å². The Labute approximate surface area is 112 Å². The number of nitrogens with zero attached hydrogens (tertiary/aromatic N) is 1. The van der Waals surface area contributed by atoms with E-state index in [4.69, 9.17) is 0 Å². The van der Waals surface area contributed by atoms with E-state index in [2.05, 4.69) is 17.3 Å². The second kappa shape index (κ2) is 5.48. The number of hydrogen-bond donors (Lipinski definition) is 2. The van der Waals surface area contributed by atoms with E-state index in [-0.39, 0.29) is 0 Å². The van der Waals surface area contributed by atoms with Gasteiger partial charge in [-0.3, -0.25) is 0 Å². The van der Waals surface area contributed by atoms with Gasteiger partial charge in [0.15, 0.2) is 0 Å². The van der Waals surface area contributed by atoms with Crippen LogP contribution < -0.4 is 5.32 Å². The highest BCUT2D eigenvalue weighted by Crippen LogP contribution is 2.39. The minimum Gasteiger partial charge on any atom is -0.389 e. The van der Waals surface area contributed by atoms with Crippen molar-refractivity contribution in [1.82, 2.24) is 10.2 Å². The van der Waals surface area contributed by atoms with Crippen molar-refractivity contribution >= 4 is 0 Å². The normalized spacial score (nSPS) is 23.8. The zero-order valence-corrected chi connectivity index (χ0v) is 12.3. The van der Waals surface area contributed by atoms with Gasteiger partial charge in [-0.2, -0.15) is 0 Å². The van der Waals surface area contributed by atoms with Gasteiger partial charge in [0, 0.05) is 25.7 Å². The molecule has 0 aliphatic heterocycles. The van der Waals surface area contributed by atoms with Crippen LogP contribution in [0, 0.1) is 5.41 Å². The molecule has 0 atom stereocenters. The maximum atomic E-state index is 9.92. The van der Waals surface area contributed by atoms with Gasteiger partial charge in [-0.1, -0.05) is 12.8 Å². The number of hydrogen-bond acceptors (Lipinski definition) is 3. The Morgan fingerprint density at radius 1 is 1.28 bits per heavy atom. The van der Waals surface area contributed by atoms with Crippen LogP contribution in [0.15, 0.2) is 0 Å². The third-order valence-electron chi connectivity index (χ3n) is 4.27. The van der Waals surface area contributed by atoms with E-state index in [0.29, 0.717) is 5.41 Å². The second-order valence-corrected chi connectivity index (χ2v) is 7.35. The summed E-state index contributed by atoms with van der Waals surface area (Å²) in [6.45, 7) is 6.85. The third kappa shape index (κ3) is 4.52. The van der Waals surface area contributed by atoms with Gasteiger partial charge in [0.2, 0.25) is 0 Å². The van der Waals surface area contributed by atoms with Crippen LogP contribution >= 0.6 is 0 Å². The Balaban J connectivity index is 1.84. The van der Waals surface area contributed by atoms with E-state index in [1.807, 2.05) is 13.8 Å². The summed E-state index contributed by atoms with van der Waals surface area (Å²) in [7, 11) is 2.15. The molecule has 0 spiro atoms. The molecule has 0 aromatic rings. The molecule has 0 radical (unpaired) electrons. The van der Waals surface area contributed by atoms with Crippen molar-refractivity contribution in [2.24, 2.45) is 5.41 Å². The van der Waals surface area contributed by atoms with E-state index in [0.717, 1.165) is 19.1 Å². The largest absolute Gasteiger partial charge is 0.389 e. The lowest BCUT2D eigenvalue weighted by molar-refractivity contribution is 0.0304. The highest BCUT2D eigenvalue weighted by Gasteiger charge is 2.36. The molecule has 0 aromatic heterocycles. The molecule has 3 heteroatoms. The van der Waals surface area contributed by atoms with Crippen molar-refractivity contribution in [2.75, 3.05) is 26.7 Å². The van der Waals surface area contributed by atoms with Crippen LogP contribution in [0.1, 0.15) is 52.4 Å². The molecule has 0 unspecified atom stereocenters. The Hall–Kier alpha value is -0.120. The maximum Gasteiger partial charge on any atom is 0.0718 e. The molecule has 0 bridgehead atoms. The summed E-state index contributed by atoms with van der Waals surface area (Å²) in [6, 6.07) is 0.807. The predicted octanol–water partition coefficient (Wildman–Crippen LogP) is 2.00. The third-order valence-corrected chi connectivity index (χ3v) is 4.27. The average Bonchev–Trinajstić information content (AvgIpc) is 2.95. The van der Waals surface area contributed by atoms with Crippen molar-refractivity contribution in [1.29, 1.82) is 0 Å². The summed E-state index contributed by atoms with van der Waals surface area (Å²) in [5.41, 5.74) is -0.124. The number of likely N-dealkylation sites (N-methyl/N-ethyl adjacent to an activating group) is 1. The molecular weight excluding hydrogens is 224 g/mol. The first-order valence-corrected chi connectivity index (χ1v) is 7.53. The Kier molecular flexibility index (Phi) is 4.35. The highest BCUT2D eigenvalue weighted by molar-refractivity contribution is 4.92. The number of nitrogens with one attached hydrogen (secondary N) is 1. The zero-order valence-electron chi connectivity index (χ0n) is 12.3. The van der Waals surface area contributed by atoms with Crippen molar-refractivity contribution < 1.29 is 5.11 Å². The highest BCUT2D eigenvalue weighted by atomic mass is 16.3. The molecule has 106 valence electrons. The van der Waals surface area contributed by atoms with Gasteiger partial charge in [-0.05, 0) is 52.0 Å². The fourth-order valence-electron chi connectivity index (χ4n) is 3.45. The molecule has 2 rings (SSSR count). The molecule has 2 saturated carbocycles. The molecule has 0 heterocycles. The lowest BCUT2D eigenvalue weighted by atomic mass is 9.85. The van der Waals surface area contributed by atoms with Crippen molar-refractivity contribution in [2.45, 2.75) is 64.0 Å². The fourth-order valence-corrected chi connectivity index (χ4v) is 3.45. The van der Waals surface area contributed by atoms with Gasteiger partial charge < -0.3 is 15.3 Å². The van der Waals surface area contributed by atoms with Gasteiger partial charge in [-0.25, -0.2) is 0 Å². The number of aliphatic hydroxyl groups is 1. The minimum atomic E-state index is -0.585. The van der Waals surface area contributed by atoms with E-state index < -0.39 is 5.60 Å². The smallest absolute Gasteiger partial charge is 0.0718 e.